The highest BCUT2D eigenvalue weighted by Crippen LogP contribution is 2.12. The summed E-state index contributed by atoms with van der Waals surface area (Å²) in [6.45, 7) is 9.77. The van der Waals surface area contributed by atoms with E-state index in [2.05, 4.69) is 50.7 Å². The average molecular weight is 368 g/mol. The number of hydrogen-bond acceptors (Lipinski definition) is 5. The largest absolute Gasteiger partial charge is 0.392 e. The zero-order chi connectivity index (χ0) is 19.2. The van der Waals surface area contributed by atoms with Crippen LogP contribution in [0.3, 0.4) is 0 Å². The Kier molecular flexibility index (Phi) is 13.2. The van der Waals surface area contributed by atoms with E-state index in [-0.39, 0.29) is 0 Å². The van der Waals surface area contributed by atoms with Crippen LogP contribution in [0.4, 0.5) is 0 Å². The zero-order valence-electron chi connectivity index (χ0n) is 16.3. The molecule has 5 heteroatoms. The first-order chi connectivity index (χ1) is 11.7. The lowest BCUT2D eigenvalue weighted by molar-refractivity contribution is -0.158. The number of nitrogens with two attached hydrogens (primary N) is 1. The van der Waals surface area contributed by atoms with Crippen LogP contribution in [0.15, 0.2) is 34.9 Å². The Balaban J connectivity index is 3.96. The maximum atomic E-state index is 11.4. The van der Waals surface area contributed by atoms with Crippen LogP contribution in [0, 0.1) is 0 Å². The molecule has 142 valence electrons. The quantitative estimate of drug-likeness (QED) is 0.251. The van der Waals surface area contributed by atoms with Crippen molar-refractivity contribution in [2.24, 2.45) is 5.73 Å². The monoisotopic (exact) mass is 367 g/mol. The molecule has 0 fully saturated rings. The van der Waals surface area contributed by atoms with Crippen LogP contribution in [0.5, 0.6) is 0 Å². The summed E-state index contributed by atoms with van der Waals surface area (Å²) in [5.74, 6) is -0.0325. The number of carbonyl (C=O) groups excluding carboxylic acids is 2. The Bertz CT molecular complexity index is 517. The Morgan fingerprint density at radius 2 is 1.52 bits per heavy atom. The van der Waals surface area contributed by atoms with Crippen LogP contribution in [0.2, 0.25) is 0 Å². The molecule has 0 unspecified atom stereocenters. The summed E-state index contributed by atoms with van der Waals surface area (Å²) in [5.41, 5.74) is 9.82. The van der Waals surface area contributed by atoms with Crippen LogP contribution in [-0.4, -0.2) is 29.5 Å². The van der Waals surface area contributed by atoms with Crippen LogP contribution in [0.1, 0.15) is 60.3 Å². The molecule has 0 spiro atoms. The van der Waals surface area contributed by atoms with Crippen LogP contribution >= 0.6 is 11.8 Å². The third kappa shape index (κ3) is 14.7. The Hall–Kier alpha value is -1.33. The molecule has 0 aliphatic carbocycles. The van der Waals surface area contributed by atoms with Gasteiger partial charge in [-0.05, 0) is 53.4 Å². The fourth-order valence-electron chi connectivity index (χ4n) is 2.02. The smallest absolute Gasteiger partial charge is 0.331 e. The van der Waals surface area contributed by atoms with Gasteiger partial charge in [-0.2, -0.15) is 11.8 Å². The van der Waals surface area contributed by atoms with Gasteiger partial charge in [0, 0.05) is 18.4 Å². The number of esters is 2. The number of rotatable bonds is 11. The zero-order valence-corrected chi connectivity index (χ0v) is 17.1. The molecule has 0 aromatic rings. The second-order valence-corrected chi connectivity index (χ2v) is 7.59. The van der Waals surface area contributed by atoms with Crippen molar-refractivity contribution in [1.82, 2.24) is 0 Å². The summed E-state index contributed by atoms with van der Waals surface area (Å²) in [6.07, 6.45) is 11.1. The minimum Gasteiger partial charge on any atom is -0.392 e. The van der Waals surface area contributed by atoms with Crippen molar-refractivity contribution in [3.8, 4) is 0 Å². The van der Waals surface area contributed by atoms with E-state index in [4.69, 9.17) is 5.73 Å². The first kappa shape index (κ1) is 23.7. The predicted octanol–water partition coefficient (Wildman–Crippen LogP) is 4.56. The van der Waals surface area contributed by atoms with E-state index in [1.54, 1.807) is 11.8 Å². The van der Waals surface area contributed by atoms with Crippen molar-refractivity contribution < 1.29 is 14.3 Å². The summed E-state index contributed by atoms with van der Waals surface area (Å²) >= 11 is 1.56. The fraction of sp³-hybridized carbons (Fsp3) is 0.600. The Morgan fingerprint density at radius 3 is 2.08 bits per heavy atom. The summed E-state index contributed by atoms with van der Waals surface area (Å²) in [6, 6.07) is -0.756. The van der Waals surface area contributed by atoms with Gasteiger partial charge >= 0.3 is 11.9 Å². The number of hydrogen-bond donors (Lipinski definition) is 1. The molecular formula is C20H33NO3S. The average Bonchev–Trinajstić information content (AvgIpc) is 2.50. The van der Waals surface area contributed by atoms with E-state index in [1.807, 2.05) is 0 Å². The Morgan fingerprint density at radius 1 is 0.960 bits per heavy atom. The maximum Gasteiger partial charge on any atom is 0.331 e. The molecular weight excluding hydrogens is 334 g/mol. The molecule has 0 heterocycles. The second kappa shape index (κ2) is 13.9. The topological polar surface area (TPSA) is 69.4 Å². The molecule has 0 aromatic carbocycles. The standard InChI is InChI=1S/C20H33NO3S/c1-15(2)8-6-9-16(3)10-7-11-17(4)12-13-25-14-19(21)20(23)24-18(5)22/h8,10,12,19H,6-7,9,11,13-14,21H2,1-5H3/t19-/m0/s1. The van der Waals surface area contributed by atoms with Crippen molar-refractivity contribution in [1.29, 1.82) is 0 Å². The summed E-state index contributed by atoms with van der Waals surface area (Å²) in [7, 11) is 0. The van der Waals surface area contributed by atoms with E-state index in [9.17, 15) is 9.59 Å². The van der Waals surface area contributed by atoms with E-state index >= 15 is 0 Å². The van der Waals surface area contributed by atoms with Crippen LogP contribution < -0.4 is 5.73 Å². The number of allylic oxidation sites excluding steroid dienone is 5. The van der Waals surface area contributed by atoms with Gasteiger partial charge in [0.25, 0.3) is 0 Å². The van der Waals surface area contributed by atoms with Crippen molar-refractivity contribution in [3.63, 3.8) is 0 Å². The van der Waals surface area contributed by atoms with E-state index in [1.165, 1.54) is 23.6 Å². The molecule has 1 atom stereocenters. The third-order valence-corrected chi connectivity index (χ3v) is 4.51. The molecule has 0 saturated heterocycles. The third-order valence-electron chi connectivity index (χ3n) is 3.52. The lowest BCUT2D eigenvalue weighted by atomic mass is 10.1. The molecule has 0 rings (SSSR count). The molecule has 25 heavy (non-hydrogen) atoms. The van der Waals surface area contributed by atoms with E-state index < -0.39 is 18.0 Å². The molecule has 0 aromatic heterocycles. The van der Waals surface area contributed by atoms with Crippen molar-refractivity contribution in [3.05, 3.63) is 34.9 Å². The van der Waals surface area contributed by atoms with Gasteiger partial charge in [-0.1, -0.05) is 34.9 Å². The van der Waals surface area contributed by atoms with Gasteiger partial charge in [-0.15, -0.1) is 0 Å². The SMILES string of the molecule is CC(=O)OC(=O)[C@@H](N)CSCC=C(C)CCC=C(C)CCC=C(C)C. The second-order valence-electron chi connectivity index (χ2n) is 6.52. The molecule has 0 saturated carbocycles. The summed E-state index contributed by atoms with van der Waals surface area (Å²) < 4.78 is 4.46. The highest BCUT2D eigenvalue weighted by molar-refractivity contribution is 7.99. The molecule has 0 bridgehead atoms. The molecule has 0 aliphatic heterocycles. The lowest BCUT2D eigenvalue weighted by Crippen LogP contribution is -2.35. The molecule has 2 N–H and O–H groups in total. The molecule has 4 nitrogen and oxygen atoms in total. The first-order valence-electron chi connectivity index (χ1n) is 8.72. The fourth-order valence-corrected chi connectivity index (χ4v) is 2.95. The minimum atomic E-state index is -0.756. The van der Waals surface area contributed by atoms with Gasteiger partial charge in [0.15, 0.2) is 0 Å². The van der Waals surface area contributed by atoms with Crippen LogP contribution in [0.25, 0.3) is 0 Å². The van der Waals surface area contributed by atoms with Gasteiger partial charge in [0.1, 0.15) is 6.04 Å². The summed E-state index contributed by atoms with van der Waals surface area (Å²) in [5, 5.41) is 0. The van der Waals surface area contributed by atoms with Gasteiger partial charge in [0.05, 0.1) is 0 Å². The summed E-state index contributed by atoms with van der Waals surface area (Å²) in [4.78, 5) is 22.1. The van der Waals surface area contributed by atoms with Crippen molar-refractivity contribution in [2.45, 2.75) is 66.3 Å². The number of ether oxygens (including phenoxy) is 1. The van der Waals surface area contributed by atoms with E-state index in [0.717, 1.165) is 31.4 Å². The normalized spacial score (nSPS) is 13.4. The van der Waals surface area contributed by atoms with E-state index in [0.29, 0.717) is 5.75 Å². The lowest BCUT2D eigenvalue weighted by Gasteiger charge is -2.08. The molecule has 0 radical (unpaired) electrons. The highest BCUT2D eigenvalue weighted by Gasteiger charge is 2.16. The number of thioether (sulfide) groups is 1. The van der Waals surface area contributed by atoms with Crippen molar-refractivity contribution >= 4 is 23.7 Å². The maximum absolute atomic E-state index is 11.4. The Labute approximate surface area is 157 Å². The van der Waals surface area contributed by atoms with Gasteiger partial charge < -0.3 is 10.5 Å². The number of carbonyl (C=O) groups is 2. The van der Waals surface area contributed by atoms with Gasteiger partial charge in [-0.3, -0.25) is 4.79 Å². The first-order valence-corrected chi connectivity index (χ1v) is 9.88. The predicted molar refractivity (Wildman–Crippen MR) is 107 cm³/mol. The minimum absolute atomic E-state index is 0.444. The van der Waals surface area contributed by atoms with Gasteiger partial charge in [0.2, 0.25) is 0 Å². The van der Waals surface area contributed by atoms with Crippen molar-refractivity contribution in [2.75, 3.05) is 11.5 Å². The van der Waals surface area contributed by atoms with Gasteiger partial charge in [-0.25, -0.2) is 4.79 Å². The van der Waals surface area contributed by atoms with Crippen LogP contribution in [-0.2, 0) is 14.3 Å². The molecule has 0 aliphatic rings. The molecule has 0 amide bonds. The highest BCUT2D eigenvalue weighted by atomic mass is 32.2.